The van der Waals surface area contributed by atoms with Gasteiger partial charge in [-0.05, 0) is 155 Å². The molecule has 5 aromatic heterocycles. The third-order valence-electron chi connectivity index (χ3n) is 15.5. The average Bonchev–Trinajstić information content (AvgIpc) is 4.22. The number of imidazole rings is 2. The van der Waals surface area contributed by atoms with E-state index in [0.717, 1.165) is 72.4 Å². The van der Waals surface area contributed by atoms with Crippen LogP contribution in [0.15, 0.2) is 179 Å². The molecule has 0 N–H and O–H groups in total. The summed E-state index contributed by atoms with van der Waals surface area (Å²) in [5.74, 6) is 4.59. The fourth-order valence-electron chi connectivity index (χ4n) is 11.8. The molecule has 0 spiro atoms. The standard InChI is InChI=1S/C70H62N6O3/c1-39(2)52-33-48(45-22-13-11-14-23-45)34-53(40(3)4)64(52)75-60-30-19-17-28-58(60)73-67(75)47-26-21-27-50(32-47)77-51-37-56-63-62-43(9)71-44(10)72-69(62)79-70(63)78-66(56)57(38-51)68-74-59-29-18-20-31-61(59)76(68)65-54(41(5)6)35-49(36-55(65)42(7)8)46-24-15-12-16-25-46/h11-42H,1-10H3. The first-order valence-corrected chi connectivity index (χ1v) is 27.6. The molecular formula is C70H62N6O3. The number of hydrogen-bond acceptors (Lipinski definition) is 7. The fourth-order valence-corrected chi connectivity index (χ4v) is 11.8. The summed E-state index contributed by atoms with van der Waals surface area (Å²) in [6, 6.07) is 60.1. The SMILES string of the molecule is Cc1nc(C)c2c(n1)oc1oc3c(-c4nc5ccccc5n4-c4c(C(C)C)cc(-c5ccccc5)cc4C(C)C)cc(Oc4cccc(-c5nc6ccccc6n5-c5c(C(C)C)cc(-c6ccccc6)cc5C(C)C)c4)cc3c12. The molecule has 0 unspecified atom stereocenters. The minimum atomic E-state index is 0.173. The quantitative estimate of drug-likeness (QED) is 0.120. The van der Waals surface area contributed by atoms with E-state index in [1.165, 1.54) is 50.2 Å². The monoisotopic (exact) mass is 1030 g/mol. The second-order valence-corrected chi connectivity index (χ2v) is 22.3. The highest BCUT2D eigenvalue weighted by atomic mass is 16.5. The predicted molar refractivity (Wildman–Crippen MR) is 322 cm³/mol. The zero-order chi connectivity index (χ0) is 54.4. The molecule has 13 aromatic rings. The number of hydrogen-bond donors (Lipinski definition) is 0. The first kappa shape index (κ1) is 49.5. The molecule has 9 heteroatoms. The summed E-state index contributed by atoms with van der Waals surface area (Å²) < 4.78 is 25.4. The molecule has 0 bridgehead atoms. The topological polar surface area (TPSA) is 96.9 Å². The van der Waals surface area contributed by atoms with Crippen LogP contribution in [0.2, 0.25) is 0 Å². The van der Waals surface area contributed by atoms with E-state index in [0.29, 0.717) is 34.4 Å². The minimum absolute atomic E-state index is 0.173. The highest BCUT2D eigenvalue weighted by Gasteiger charge is 2.30. The minimum Gasteiger partial charge on any atom is -0.457 e. The molecule has 0 aliphatic heterocycles. The summed E-state index contributed by atoms with van der Waals surface area (Å²) in [6.07, 6.45) is 0. The van der Waals surface area contributed by atoms with Crippen LogP contribution < -0.4 is 4.74 Å². The van der Waals surface area contributed by atoms with Gasteiger partial charge in [-0.15, -0.1) is 0 Å². The van der Waals surface area contributed by atoms with Gasteiger partial charge in [0.1, 0.15) is 34.6 Å². The Hall–Kier alpha value is -9.08. The van der Waals surface area contributed by atoms with E-state index >= 15 is 0 Å². The first-order valence-electron chi connectivity index (χ1n) is 27.6. The molecule has 0 aliphatic rings. The molecule has 0 atom stereocenters. The third kappa shape index (κ3) is 8.47. The number of aryl methyl sites for hydroxylation is 2. The Kier molecular flexibility index (Phi) is 12.2. The van der Waals surface area contributed by atoms with Gasteiger partial charge in [-0.2, -0.15) is 4.98 Å². The second kappa shape index (κ2) is 19.4. The van der Waals surface area contributed by atoms with Gasteiger partial charge in [0, 0.05) is 10.9 Å². The van der Waals surface area contributed by atoms with Crippen molar-refractivity contribution < 1.29 is 13.6 Å². The number of para-hydroxylation sites is 4. The zero-order valence-electron chi connectivity index (χ0n) is 46.4. The molecule has 0 saturated heterocycles. The van der Waals surface area contributed by atoms with Gasteiger partial charge in [-0.1, -0.05) is 152 Å². The van der Waals surface area contributed by atoms with Crippen LogP contribution in [0.4, 0.5) is 0 Å². The number of ether oxygens (including phenoxy) is 1. The lowest BCUT2D eigenvalue weighted by Gasteiger charge is -2.24. The Labute approximate surface area is 460 Å². The summed E-state index contributed by atoms with van der Waals surface area (Å²) in [5, 5.41) is 2.40. The van der Waals surface area contributed by atoms with Crippen molar-refractivity contribution in [3.63, 3.8) is 0 Å². The van der Waals surface area contributed by atoms with Gasteiger partial charge in [-0.3, -0.25) is 9.13 Å². The molecule has 0 radical (unpaired) electrons. The van der Waals surface area contributed by atoms with Crippen molar-refractivity contribution in [2.24, 2.45) is 0 Å². The Morgan fingerprint density at radius 1 is 0.418 bits per heavy atom. The summed E-state index contributed by atoms with van der Waals surface area (Å²) in [7, 11) is 0. The van der Waals surface area contributed by atoms with E-state index in [4.69, 9.17) is 33.5 Å². The average molecular weight is 1040 g/mol. The fraction of sp³-hybridized carbons (Fsp3) is 0.200. The molecule has 390 valence electrons. The van der Waals surface area contributed by atoms with Gasteiger partial charge in [-0.25, -0.2) is 15.0 Å². The number of nitrogens with zero attached hydrogens (tertiary/aromatic N) is 6. The van der Waals surface area contributed by atoms with Crippen LogP contribution in [0, 0.1) is 13.8 Å². The van der Waals surface area contributed by atoms with Crippen LogP contribution in [-0.4, -0.2) is 29.1 Å². The highest BCUT2D eigenvalue weighted by molar-refractivity contribution is 6.20. The second-order valence-electron chi connectivity index (χ2n) is 22.3. The summed E-state index contributed by atoms with van der Waals surface area (Å²) in [4.78, 5) is 20.5. The number of furan rings is 2. The van der Waals surface area contributed by atoms with Crippen LogP contribution in [-0.2, 0) is 0 Å². The van der Waals surface area contributed by atoms with Crippen molar-refractivity contribution in [3.05, 3.63) is 204 Å². The molecule has 5 heterocycles. The molecule has 0 amide bonds. The molecule has 0 saturated carbocycles. The Bertz CT molecular complexity index is 4440. The lowest BCUT2D eigenvalue weighted by molar-refractivity contribution is 0.483. The smallest absolute Gasteiger partial charge is 0.300 e. The van der Waals surface area contributed by atoms with Crippen molar-refractivity contribution in [2.75, 3.05) is 0 Å². The predicted octanol–water partition coefficient (Wildman–Crippen LogP) is 19.4. The highest BCUT2D eigenvalue weighted by Crippen LogP contribution is 2.48. The Balaban J connectivity index is 1.03. The molecule has 13 rings (SSSR count). The molecular weight excluding hydrogens is 973 g/mol. The molecule has 0 aliphatic carbocycles. The Morgan fingerprint density at radius 2 is 0.911 bits per heavy atom. The Morgan fingerprint density at radius 3 is 1.46 bits per heavy atom. The van der Waals surface area contributed by atoms with Crippen molar-refractivity contribution in [1.29, 1.82) is 0 Å². The van der Waals surface area contributed by atoms with Crippen molar-refractivity contribution in [1.82, 2.24) is 29.1 Å². The maximum atomic E-state index is 7.21. The van der Waals surface area contributed by atoms with Crippen molar-refractivity contribution in [3.8, 4) is 67.9 Å². The number of aromatic nitrogens is 6. The van der Waals surface area contributed by atoms with Crippen LogP contribution in [0.25, 0.3) is 112 Å². The van der Waals surface area contributed by atoms with Crippen LogP contribution in [0.3, 0.4) is 0 Å². The normalized spacial score (nSPS) is 12.1. The van der Waals surface area contributed by atoms with E-state index < -0.39 is 0 Å². The van der Waals surface area contributed by atoms with Crippen LogP contribution in [0.5, 0.6) is 11.5 Å². The van der Waals surface area contributed by atoms with Gasteiger partial charge in [0.25, 0.3) is 0 Å². The number of benzene rings is 8. The maximum Gasteiger partial charge on any atom is 0.300 e. The van der Waals surface area contributed by atoms with Crippen molar-refractivity contribution in [2.45, 2.75) is 92.9 Å². The number of fused-ring (bicyclic) bond motifs is 7. The summed E-state index contributed by atoms with van der Waals surface area (Å²) >= 11 is 0. The van der Waals surface area contributed by atoms with Gasteiger partial charge < -0.3 is 13.6 Å². The van der Waals surface area contributed by atoms with Gasteiger partial charge in [0.15, 0.2) is 0 Å². The summed E-state index contributed by atoms with van der Waals surface area (Å²) in [6.45, 7) is 22.1. The van der Waals surface area contributed by atoms with E-state index in [1.54, 1.807) is 0 Å². The van der Waals surface area contributed by atoms with Crippen molar-refractivity contribution >= 4 is 55.3 Å². The largest absolute Gasteiger partial charge is 0.457 e. The maximum absolute atomic E-state index is 7.21. The first-order chi connectivity index (χ1) is 38.3. The van der Waals surface area contributed by atoms with Gasteiger partial charge in [0.2, 0.25) is 5.71 Å². The van der Waals surface area contributed by atoms with Gasteiger partial charge >= 0.3 is 5.78 Å². The zero-order valence-corrected chi connectivity index (χ0v) is 46.4. The molecule has 8 aromatic carbocycles. The molecule has 0 fully saturated rings. The van der Waals surface area contributed by atoms with E-state index in [2.05, 4.69) is 228 Å². The van der Waals surface area contributed by atoms with Gasteiger partial charge in [0.05, 0.1) is 55.5 Å². The lowest BCUT2D eigenvalue weighted by Crippen LogP contribution is -2.09. The lowest BCUT2D eigenvalue weighted by atomic mass is 9.88. The van der Waals surface area contributed by atoms with Crippen LogP contribution in [0.1, 0.15) is 113 Å². The molecule has 9 nitrogen and oxygen atoms in total. The van der Waals surface area contributed by atoms with E-state index in [-0.39, 0.29) is 23.7 Å². The van der Waals surface area contributed by atoms with E-state index in [1.807, 2.05) is 19.9 Å². The van der Waals surface area contributed by atoms with Crippen LogP contribution >= 0.6 is 0 Å². The number of rotatable bonds is 12. The summed E-state index contributed by atoms with van der Waals surface area (Å²) in [5.41, 5.74) is 19.4. The third-order valence-corrected chi connectivity index (χ3v) is 15.5. The van der Waals surface area contributed by atoms with E-state index in [9.17, 15) is 0 Å². The molecule has 79 heavy (non-hydrogen) atoms.